The van der Waals surface area contributed by atoms with Crippen molar-refractivity contribution in [3.8, 4) is 5.75 Å². The molecule has 0 saturated heterocycles. The van der Waals surface area contributed by atoms with E-state index in [1.807, 2.05) is 25.3 Å². The first-order valence-corrected chi connectivity index (χ1v) is 9.46. The summed E-state index contributed by atoms with van der Waals surface area (Å²) in [6.45, 7) is 10.6. The summed E-state index contributed by atoms with van der Waals surface area (Å²) < 4.78 is 26.5. The molecule has 0 spiro atoms. The van der Waals surface area contributed by atoms with E-state index in [1.54, 1.807) is 18.2 Å². The molecule has 0 unspecified atom stereocenters. The number of aromatic nitrogens is 1. The highest BCUT2D eigenvalue weighted by Crippen LogP contribution is 2.30. The van der Waals surface area contributed by atoms with Crippen LogP contribution < -0.4 is 10.2 Å². The number of ether oxygens (including phenoxy) is 2. The van der Waals surface area contributed by atoms with E-state index >= 15 is 0 Å². The molecule has 0 saturated carbocycles. The largest absolute Gasteiger partial charge is 0.493 e. The number of pyridine rings is 1. The molecule has 6 heteroatoms. The summed E-state index contributed by atoms with van der Waals surface area (Å²) in [5, 5.41) is 0. The number of hydrogen-bond donors (Lipinski definition) is 0. The summed E-state index contributed by atoms with van der Waals surface area (Å²) in [4.78, 5) is 24.3. The molecule has 1 aromatic heterocycles. The van der Waals surface area contributed by atoms with Crippen LogP contribution in [0.1, 0.15) is 48.8 Å². The molecule has 0 aliphatic rings. The lowest BCUT2D eigenvalue weighted by Crippen LogP contribution is -2.21. The van der Waals surface area contributed by atoms with Crippen molar-refractivity contribution in [2.75, 3.05) is 13.7 Å². The Morgan fingerprint density at radius 2 is 2.03 bits per heavy atom. The Labute approximate surface area is 170 Å². The quantitative estimate of drug-likeness (QED) is 0.477. The Morgan fingerprint density at radius 1 is 1.31 bits per heavy atom. The number of carbonyl (C=O) groups excluding carboxylic acids is 1. The number of hydrogen-bond acceptors (Lipinski definition) is 4. The summed E-state index contributed by atoms with van der Waals surface area (Å²) in [5.41, 5.74) is 1.59. The number of allylic oxidation sites excluding steroid dienone is 3. The number of carbonyl (C=O) groups is 1. The fourth-order valence-corrected chi connectivity index (χ4v) is 3.10. The van der Waals surface area contributed by atoms with Crippen LogP contribution in [0.5, 0.6) is 5.75 Å². The highest BCUT2D eigenvalue weighted by atomic mass is 19.1. The van der Waals surface area contributed by atoms with Crippen LogP contribution in [0.25, 0.3) is 11.1 Å². The number of benzene rings is 1. The lowest BCUT2D eigenvalue weighted by atomic mass is 10.0. The summed E-state index contributed by atoms with van der Waals surface area (Å²) in [6, 6.07) is 6.02. The summed E-state index contributed by atoms with van der Waals surface area (Å²) >= 11 is 0. The fourth-order valence-electron chi connectivity index (χ4n) is 3.10. The fraction of sp³-hybridized carbons (Fsp3) is 0.304. The first-order valence-electron chi connectivity index (χ1n) is 9.46. The van der Waals surface area contributed by atoms with Gasteiger partial charge in [-0.2, -0.15) is 0 Å². The lowest BCUT2D eigenvalue weighted by molar-refractivity contribution is 0.0598. The number of aryl methyl sites for hydroxylation is 1. The monoisotopic (exact) mass is 399 g/mol. The van der Waals surface area contributed by atoms with Crippen LogP contribution in [0, 0.1) is 5.82 Å². The van der Waals surface area contributed by atoms with Crippen molar-refractivity contribution < 1.29 is 18.7 Å². The molecule has 0 radical (unpaired) electrons. The summed E-state index contributed by atoms with van der Waals surface area (Å²) in [7, 11) is 1.24. The number of nitrogens with zero attached hydrogens (tertiary/aromatic N) is 1. The maximum absolute atomic E-state index is 14.4. The summed E-state index contributed by atoms with van der Waals surface area (Å²) in [5.74, 6) is -0.698. The van der Waals surface area contributed by atoms with Crippen LogP contribution in [-0.4, -0.2) is 24.3 Å². The van der Waals surface area contributed by atoms with Gasteiger partial charge >= 0.3 is 5.97 Å². The zero-order chi connectivity index (χ0) is 21.6. The second-order valence-electron chi connectivity index (χ2n) is 6.52. The predicted octanol–water partition coefficient (Wildman–Crippen LogP) is 4.70. The number of halogens is 1. The average Bonchev–Trinajstić information content (AvgIpc) is 2.68. The molecule has 154 valence electrons. The molecule has 0 N–H and O–H groups in total. The number of esters is 1. The van der Waals surface area contributed by atoms with E-state index in [0.29, 0.717) is 35.7 Å². The number of rotatable bonds is 8. The third-order valence-electron chi connectivity index (χ3n) is 4.39. The molecule has 1 aromatic carbocycles. The second-order valence-corrected chi connectivity index (χ2v) is 6.52. The molecule has 1 heterocycles. The first kappa shape index (κ1) is 22.1. The van der Waals surface area contributed by atoms with Crippen molar-refractivity contribution in [2.24, 2.45) is 0 Å². The Kier molecular flexibility index (Phi) is 7.53. The highest BCUT2D eigenvalue weighted by molar-refractivity contribution is 5.89. The first-order chi connectivity index (χ1) is 13.8. The van der Waals surface area contributed by atoms with Gasteiger partial charge in [-0.1, -0.05) is 19.6 Å². The van der Waals surface area contributed by atoms with Gasteiger partial charge in [0.2, 0.25) is 0 Å². The minimum atomic E-state index is -0.676. The molecule has 0 atom stereocenters. The van der Waals surface area contributed by atoms with E-state index in [4.69, 9.17) is 4.74 Å². The molecule has 29 heavy (non-hydrogen) atoms. The molecular formula is C23H26FNO4. The van der Waals surface area contributed by atoms with Gasteiger partial charge in [0.1, 0.15) is 17.1 Å². The molecule has 2 rings (SSSR count). The van der Waals surface area contributed by atoms with E-state index in [0.717, 1.165) is 6.42 Å². The topological polar surface area (TPSA) is 57.5 Å². The Morgan fingerprint density at radius 3 is 2.66 bits per heavy atom. The molecule has 0 bridgehead atoms. The molecule has 0 aliphatic heterocycles. The SMILES string of the molecule is C=C(/C=C(\C)c1cc(=O)c(C(=O)OC)cn1CCC)c1c(F)cccc1OCC. The van der Waals surface area contributed by atoms with Crippen molar-refractivity contribution in [2.45, 2.75) is 33.7 Å². The third kappa shape index (κ3) is 5.02. The Balaban J connectivity index is 2.54. The van der Waals surface area contributed by atoms with E-state index in [-0.39, 0.29) is 11.1 Å². The minimum Gasteiger partial charge on any atom is -0.493 e. The van der Waals surface area contributed by atoms with E-state index in [1.165, 1.54) is 25.4 Å². The van der Waals surface area contributed by atoms with Gasteiger partial charge in [0.05, 0.1) is 19.3 Å². The third-order valence-corrected chi connectivity index (χ3v) is 4.39. The van der Waals surface area contributed by atoms with Gasteiger partial charge < -0.3 is 14.0 Å². The molecule has 5 nitrogen and oxygen atoms in total. The van der Waals surface area contributed by atoms with Crippen molar-refractivity contribution in [1.82, 2.24) is 4.57 Å². The van der Waals surface area contributed by atoms with Gasteiger partial charge in [-0.05, 0) is 49.6 Å². The van der Waals surface area contributed by atoms with Gasteiger partial charge in [-0.25, -0.2) is 9.18 Å². The van der Waals surface area contributed by atoms with Gasteiger partial charge in [-0.15, -0.1) is 0 Å². The van der Waals surface area contributed by atoms with Crippen LogP contribution in [0.2, 0.25) is 0 Å². The number of methoxy groups -OCH3 is 1. The predicted molar refractivity (Wildman–Crippen MR) is 113 cm³/mol. The van der Waals surface area contributed by atoms with Crippen LogP contribution in [0.4, 0.5) is 4.39 Å². The van der Waals surface area contributed by atoms with Gasteiger partial charge in [0.15, 0.2) is 5.43 Å². The molecule has 0 amide bonds. The van der Waals surface area contributed by atoms with Crippen LogP contribution in [0.15, 0.2) is 47.9 Å². The van der Waals surface area contributed by atoms with Gasteiger partial charge in [0, 0.05) is 24.5 Å². The zero-order valence-corrected chi connectivity index (χ0v) is 17.3. The zero-order valence-electron chi connectivity index (χ0n) is 17.3. The lowest BCUT2D eigenvalue weighted by Gasteiger charge is -2.16. The van der Waals surface area contributed by atoms with Crippen molar-refractivity contribution in [3.05, 3.63) is 76.0 Å². The van der Waals surface area contributed by atoms with Crippen molar-refractivity contribution in [1.29, 1.82) is 0 Å². The summed E-state index contributed by atoms with van der Waals surface area (Å²) in [6.07, 6.45) is 4.01. The van der Waals surface area contributed by atoms with E-state index in [9.17, 15) is 14.0 Å². The van der Waals surface area contributed by atoms with Crippen LogP contribution in [0.3, 0.4) is 0 Å². The molecular weight excluding hydrogens is 373 g/mol. The van der Waals surface area contributed by atoms with Crippen molar-refractivity contribution in [3.63, 3.8) is 0 Å². The second kappa shape index (κ2) is 9.87. The Bertz CT molecular complexity index is 1000. The molecule has 0 fully saturated rings. The smallest absolute Gasteiger partial charge is 0.343 e. The molecule has 0 aliphatic carbocycles. The van der Waals surface area contributed by atoms with Crippen molar-refractivity contribution >= 4 is 17.1 Å². The normalized spacial score (nSPS) is 11.3. The highest BCUT2D eigenvalue weighted by Gasteiger charge is 2.16. The van der Waals surface area contributed by atoms with Gasteiger partial charge in [0.25, 0.3) is 0 Å². The average molecular weight is 399 g/mol. The van der Waals surface area contributed by atoms with E-state index < -0.39 is 17.2 Å². The van der Waals surface area contributed by atoms with Crippen LogP contribution in [-0.2, 0) is 11.3 Å². The van der Waals surface area contributed by atoms with Gasteiger partial charge in [-0.3, -0.25) is 4.79 Å². The molecule has 2 aromatic rings. The maximum Gasteiger partial charge on any atom is 0.343 e. The minimum absolute atomic E-state index is 0.0240. The Hall–Kier alpha value is -3.15. The van der Waals surface area contributed by atoms with Crippen LogP contribution >= 0.6 is 0 Å². The standard InChI is InChI=1S/C23H26FNO4/c1-6-11-25-14-17(23(27)28-5)20(26)13-19(25)15(3)12-16(4)22-18(24)9-8-10-21(22)29-7-2/h8-10,12-14H,4,6-7,11H2,1-3,5H3/b15-12+. The van der Waals surface area contributed by atoms with E-state index in [2.05, 4.69) is 11.3 Å². The maximum atomic E-state index is 14.4.